The molecular weight excluding hydrogens is 304 g/mol. The fourth-order valence-corrected chi connectivity index (χ4v) is 4.47. The van der Waals surface area contributed by atoms with E-state index in [4.69, 9.17) is 4.74 Å². The Labute approximate surface area is 143 Å². The van der Waals surface area contributed by atoms with Crippen LogP contribution in [0.3, 0.4) is 0 Å². The average molecular weight is 330 g/mol. The lowest BCUT2D eigenvalue weighted by Gasteiger charge is -2.45. The number of nitrogens with zero attached hydrogens (tertiary/aromatic N) is 1. The van der Waals surface area contributed by atoms with Gasteiger partial charge >= 0.3 is 6.03 Å². The van der Waals surface area contributed by atoms with Gasteiger partial charge in [-0.1, -0.05) is 18.6 Å². The number of hydrogen-bond donors (Lipinski definition) is 2. The van der Waals surface area contributed by atoms with Gasteiger partial charge in [-0.3, -0.25) is 0 Å². The number of piperidine rings is 1. The molecule has 24 heavy (non-hydrogen) atoms. The minimum Gasteiger partial charge on any atom is -0.490 e. The molecule has 5 nitrogen and oxygen atoms in total. The molecule has 130 valence electrons. The summed E-state index contributed by atoms with van der Waals surface area (Å²) in [4.78, 5) is 14.6. The van der Waals surface area contributed by atoms with Crippen molar-refractivity contribution in [2.45, 2.75) is 45.3 Å². The largest absolute Gasteiger partial charge is 0.490 e. The van der Waals surface area contributed by atoms with Gasteiger partial charge in [-0.25, -0.2) is 4.79 Å². The van der Waals surface area contributed by atoms with Crippen molar-refractivity contribution in [1.29, 1.82) is 0 Å². The molecule has 1 aromatic rings. The van der Waals surface area contributed by atoms with Gasteiger partial charge in [-0.05, 0) is 37.8 Å². The van der Waals surface area contributed by atoms with E-state index in [0.29, 0.717) is 19.7 Å². The minimum atomic E-state index is -0.232. The van der Waals surface area contributed by atoms with Gasteiger partial charge in [0.15, 0.2) is 0 Å². The Morgan fingerprint density at radius 2 is 1.96 bits per heavy atom. The van der Waals surface area contributed by atoms with Gasteiger partial charge in [0.2, 0.25) is 0 Å². The summed E-state index contributed by atoms with van der Waals surface area (Å²) < 4.78 is 5.83. The van der Waals surface area contributed by atoms with Crippen molar-refractivity contribution >= 4 is 6.03 Å². The second kappa shape index (κ2) is 5.96. The van der Waals surface area contributed by atoms with Crippen molar-refractivity contribution in [1.82, 2.24) is 10.2 Å². The molecular formula is C19H26N2O3. The van der Waals surface area contributed by atoms with Crippen molar-refractivity contribution in [2.75, 3.05) is 19.7 Å². The zero-order valence-corrected chi connectivity index (χ0v) is 14.4. The molecule has 0 radical (unpaired) electrons. The maximum atomic E-state index is 12.7. The fourth-order valence-electron chi connectivity index (χ4n) is 4.47. The molecule has 1 aromatic carbocycles. The number of fused-ring (bicyclic) bond motifs is 3. The van der Waals surface area contributed by atoms with E-state index >= 15 is 0 Å². The molecule has 1 saturated carbocycles. The van der Waals surface area contributed by atoms with Gasteiger partial charge in [-0.2, -0.15) is 0 Å². The molecule has 1 unspecified atom stereocenters. The Bertz CT molecular complexity index is 646. The van der Waals surface area contributed by atoms with E-state index in [-0.39, 0.29) is 30.0 Å². The second-order valence-corrected chi connectivity index (χ2v) is 7.59. The predicted molar refractivity (Wildman–Crippen MR) is 91.1 cm³/mol. The Morgan fingerprint density at radius 3 is 2.67 bits per heavy atom. The Morgan fingerprint density at radius 1 is 1.25 bits per heavy atom. The van der Waals surface area contributed by atoms with Crippen LogP contribution >= 0.6 is 0 Å². The van der Waals surface area contributed by atoms with E-state index in [1.165, 1.54) is 12.0 Å². The summed E-state index contributed by atoms with van der Waals surface area (Å²) in [5.74, 6) is 1.40. The van der Waals surface area contributed by atoms with Gasteiger partial charge in [0.25, 0.3) is 0 Å². The standard InChI is InChI=1S/C19H26N2O3/c1-11-6-7-15-16(10-24-18(15)12(11)2)20-19(23)21-8-13-4-3-5-14(9-21)17(13)22/h6-7,13-14,16-17,22H,3-5,8-10H2,1-2H3,(H,20,23)/t13-,14+,16-,17?/m1/s1. The summed E-state index contributed by atoms with van der Waals surface area (Å²) in [7, 11) is 0. The normalized spacial score (nSPS) is 31.4. The van der Waals surface area contributed by atoms with Crippen molar-refractivity contribution in [2.24, 2.45) is 11.8 Å². The molecule has 2 amide bonds. The van der Waals surface area contributed by atoms with E-state index in [1.54, 1.807) is 0 Å². The number of carbonyl (C=O) groups is 1. The zero-order valence-electron chi connectivity index (χ0n) is 14.4. The van der Waals surface area contributed by atoms with Gasteiger partial charge in [-0.15, -0.1) is 0 Å². The number of nitrogens with one attached hydrogen (secondary N) is 1. The third kappa shape index (κ3) is 2.55. The third-order valence-corrected chi connectivity index (χ3v) is 6.09. The Kier molecular flexibility index (Phi) is 3.91. The summed E-state index contributed by atoms with van der Waals surface area (Å²) in [5, 5.41) is 13.4. The van der Waals surface area contributed by atoms with Gasteiger partial charge in [0.05, 0.1) is 12.1 Å². The van der Waals surface area contributed by atoms with Crippen LogP contribution in [0.15, 0.2) is 12.1 Å². The zero-order chi connectivity index (χ0) is 16.8. The number of hydrogen-bond acceptors (Lipinski definition) is 3. The molecule has 3 aliphatic rings. The van der Waals surface area contributed by atoms with E-state index in [9.17, 15) is 9.90 Å². The number of aryl methyl sites for hydroxylation is 1. The average Bonchev–Trinajstić information content (AvgIpc) is 2.94. The quantitative estimate of drug-likeness (QED) is 0.832. The van der Waals surface area contributed by atoms with Crippen LogP contribution in [0.25, 0.3) is 0 Å². The number of benzene rings is 1. The summed E-state index contributed by atoms with van der Waals surface area (Å²) in [6.07, 6.45) is 2.98. The molecule has 1 aliphatic carbocycles. The molecule has 5 heteroatoms. The number of likely N-dealkylation sites (tertiary alicyclic amines) is 1. The lowest BCUT2D eigenvalue weighted by atomic mass is 9.75. The second-order valence-electron chi connectivity index (χ2n) is 7.59. The van der Waals surface area contributed by atoms with E-state index in [1.807, 2.05) is 4.90 Å². The Hall–Kier alpha value is -1.75. The first-order valence-corrected chi connectivity index (χ1v) is 9.01. The van der Waals surface area contributed by atoms with Gasteiger partial charge in [0.1, 0.15) is 12.4 Å². The van der Waals surface area contributed by atoms with E-state index < -0.39 is 0 Å². The maximum absolute atomic E-state index is 12.7. The predicted octanol–water partition coefficient (Wildman–Crippen LogP) is 2.54. The van der Waals surface area contributed by atoms with E-state index in [0.717, 1.165) is 29.7 Å². The number of carbonyl (C=O) groups excluding carboxylic acids is 1. The first-order chi connectivity index (χ1) is 11.5. The van der Waals surface area contributed by atoms with Gasteiger partial charge < -0.3 is 20.1 Å². The summed E-state index contributed by atoms with van der Waals surface area (Å²) >= 11 is 0. The highest BCUT2D eigenvalue weighted by Crippen LogP contribution is 2.38. The van der Waals surface area contributed by atoms with Crippen LogP contribution in [0, 0.1) is 25.7 Å². The number of aliphatic hydroxyl groups is 1. The summed E-state index contributed by atoms with van der Waals surface area (Å²) in [5.41, 5.74) is 3.43. The fraction of sp³-hybridized carbons (Fsp3) is 0.632. The van der Waals surface area contributed by atoms with Crippen LogP contribution in [0.4, 0.5) is 4.79 Å². The van der Waals surface area contributed by atoms with Crippen molar-refractivity contribution < 1.29 is 14.6 Å². The highest BCUT2D eigenvalue weighted by atomic mass is 16.5. The highest BCUT2D eigenvalue weighted by molar-refractivity contribution is 5.75. The van der Waals surface area contributed by atoms with Crippen molar-refractivity contribution in [3.05, 3.63) is 28.8 Å². The molecule has 2 bridgehead atoms. The molecule has 2 aliphatic heterocycles. The smallest absolute Gasteiger partial charge is 0.318 e. The summed E-state index contributed by atoms with van der Waals surface area (Å²) in [6.45, 7) is 5.96. The van der Waals surface area contributed by atoms with Crippen LogP contribution in [0.5, 0.6) is 5.75 Å². The number of aliphatic hydroxyl groups excluding tert-OH is 1. The number of amides is 2. The maximum Gasteiger partial charge on any atom is 0.318 e. The van der Waals surface area contributed by atoms with Crippen LogP contribution in [-0.2, 0) is 0 Å². The van der Waals surface area contributed by atoms with Crippen molar-refractivity contribution in [3.8, 4) is 5.75 Å². The third-order valence-electron chi connectivity index (χ3n) is 6.09. The van der Waals surface area contributed by atoms with Crippen LogP contribution in [0.2, 0.25) is 0 Å². The molecule has 2 fully saturated rings. The van der Waals surface area contributed by atoms with E-state index in [2.05, 4.69) is 31.3 Å². The monoisotopic (exact) mass is 330 g/mol. The molecule has 2 heterocycles. The Balaban J connectivity index is 1.46. The number of urea groups is 1. The molecule has 0 spiro atoms. The van der Waals surface area contributed by atoms with Crippen LogP contribution < -0.4 is 10.1 Å². The number of rotatable bonds is 1. The van der Waals surface area contributed by atoms with Gasteiger partial charge in [0, 0.05) is 30.5 Å². The first kappa shape index (κ1) is 15.8. The van der Waals surface area contributed by atoms with Crippen LogP contribution in [-0.4, -0.2) is 41.8 Å². The van der Waals surface area contributed by atoms with Crippen molar-refractivity contribution in [3.63, 3.8) is 0 Å². The molecule has 4 rings (SSSR count). The summed E-state index contributed by atoms with van der Waals surface area (Å²) in [6, 6.07) is 4.03. The minimum absolute atomic E-state index is 0.0292. The topological polar surface area (TPSA) is 61.8 Å². The lowest BCUT2D eigenvalue weighted by Crippen LogP contribution is -2.55. The van der Waals surface area contributed by atoms with Crippen LogP contribution in [0.1, 0.15) is 42.0 Å². The first-order valence-electron chi connectivity index (χ1n) is 9.01. The highest BCUT2D eigenvalue weighted by Gasteiger charge is 2.40. The molecule has 2 N–H and O–H groups in total. The number of ether oxygens (including phenoxy) is 1. The lowest BCUT2D eigenvalue weighted by molar-refractivity contribution is -0.0370. The SMILES string of the molecule is Cc1ccc2c(c1C)OC[C@H]2NC(=O)N1C[C@H]2CCC[C@@H](C1)C2O. The molecule has 0 aromatic heterocycles. The molecule has 1 saturated heterocycles. The molecule has 4 atom stereocenters.